The summed E-state index contributed by atoms with van der Waals surface area (Å²) in [5.41, 5.74) is 2.89. The van der Waals surface area contributed by atoms with Gasteiger partial charge in [0.25, 0.3) is 0 Å². The van der Waals surface area contributed by atoms with Crippen molar-refractivity contribution in [3.05, 3.63) is 59.1 Å². The molecule has 0 spiro atoms. The molecule has 1 aliphatic rings. The molecule has 1 saturated heterocycles. The molecular formula is C20H22Cl2N6O. The molecule has 0 radical (unpaired) electrons. The second-order valence-electron chi connectivity index (χ2n) is 6.51. The molecule has 9 heteroatoms. The van der Waals surface area contributed by atoms with Gasteiger partial charge in [0.05, 0.1) is 13.2 Å². The van der Waals surface area contributed by atoms with Crippen molar-refractivity contribution in [2.24, 2.45) is 0 Å². The Hall–Kier alpha value is -2.61. The van der Waals surface area contributed by atoms with Gasteiger partial charge in [-0.1, -0.05) is 29.8 Å². The average Bonchev–Trinajstić information content (AvgIpc) is 2.68. The van der Waals surface area contributed by atoms with Crippen LogP contribution in [-0.4, -0.2) is 41.3 Å². The molecule has 2 N–H and O–H groups in total. The zero-order valence-corrected chi connectivity index (χ0v) is 17.5. The maximum absolute atomic E-state index is 6.09. The lowest BCUT2D eigenvalue weighted by Crippen LogP contribution is -2.37. The van der Waals surface area contributed by atoms with Crippen LogP contribution in [0.4, 0.5) is 29.2 Å². The Labute approximate surface area is 180 Å². The van der Waals surface area contributed by atoms with Gasteiger partial charge in [0.2, 0.25) is 17.8 Å². The topological polar surface area (TPSA) is 75.2 Å². The predicted molar refractivity (Wildman–Crippen MR) is 119 cm³/mol. The molecule has 0 saturated carbocycles. The molecule has 0 unspecified atom stereocenters. The van der Waals surface area contributed by atoms with Gasteiger partial charge < -0.3 is 20.3 Å². The average molecular weight is 433 g/mol. The summed E-state index contributed by atoms with van der Waals surface area (Å²) in [4.78, 5) is 15.8. The highest BCUT2D eigenvalue weighted by atomic mass is 35.5. The van der Waals surface area contributed by atoms with E-state index in [1.54, 1.807) is 0 Å². The number of nitrogens with one attached hydrogen (secondary N) is 2. The molecule has 7 nitrogen and oxygen atoms in total. The first-order valence-electron chi connectivity index (χ1n) is 9.11. The second kappa shape index (κ2) is 9.73. The Bertz CT molecular complexity index is 899. The van der Waals surface area contributed by atoms with Gasteiger partial charge in [-0.2, -0.15) is 15.0 Å². The van der Waals surface area contributed by atoms with Crippen LogP contribution in [0.3, 0.4) is 0 Å². The normalized spacial score (nSPS) is 13.5. The highest BCUT2D eigenvalue weighted by Crippen LogP contribution is 2.22. The first-order valence-corrected chi connectivity index (χ1v) is 9.48. The third-order valence-electron chi connectivity index (χ3n) is 4.27. The Kier molecular flexibility index (Phi) is 7.09. The van der Waals surface area contributed by atoms with Crippen molar-refractivity contribution in [2.75, 3.05) is 41.8 Å². The smallest absolute Gasteiger partial charge is 0.233 e. The number of ether oxygens (including phenoxy) is 1. The standard InChI is InChI=1S/C20H21ClN6O.ClH/c1-14-4-2-6-16(12-14)22-18-24-19(23-17-7-3-5-15(21)13-17)26-20(25-18)27-8-10-28-11-9-27;/h2-7,12-13H,8-11H2,1H3,(H2,22,23,24,25,26);1H. The fraction of sp³-hybridized carbons (Fsp3) is 0.250. The highest BCUT2D eigenvalue weighted by molar-refractivity contribution is 6.30. The molecule has 4 rings (SSSR count). The Morgan fingerprint density at radius 2 is 1.52 bits per heavy atom. The van der Waals surface area contributed by atoms with Crippen molar-refractivity contribution in [3.63, 3.8) is 0 Å². The molecule has 2 heterocycles. The summed E-state index contributed by atoms with van der Waals surface area (Å²) in [6.07, 6.45) is 0. The molecule has 152 valence electrons. The molecule has 1 aromatic heterocycles. The molecule has 2 aromatic carbocycles. The highest BCUT2D eigenvalue weighted by Gasteiger charge is 2.17. The van der Waals surface area contributed by atoms with Gasteiger partial charge in [0, 0.05) is 29.5 Å². The van der Waals surface area contributed by atoms with Gasteiger partial charge in [0.1, 0.15) is 0 Å². The van der Waals surface area contributed by atoms with E-state index in [-0.39, 0.29) is 12.4 Å². The van der Waals surface area contributed by atoms with E-state index in [2.05, 4.69) is 30.5 Å². The molecule has 1 fully saturated rings. The zero-order valence-electron chi connectivity index (χ0n) is 15.9. The van der Waals surface area contributed by atoms with Crippen LogP contribution in [0, 0.1) is 6.92 Å². The van der Waals surface area contributed by atoms with Gasteiger partial charge >= 0.3 is 0 Å². The number of aromatic nitrogens is 3. The number of hydrogen-bond acceptors (Lipinski definition) is 7. The maximum Gasteiger partial charge on any atom is 0.233 e. The summed E-state index contributed by atoms with van der Waals surface area (Å²) in [5, 5.41) is 7.14. The van der Waals surface area contributed by atoms with Crippen molar-refractivity contribution in [2.45, 2.75) is 6.92 Å². The van der Waals surface area contributed by atoms with E-state index in [1.165, 1.54) is 0 Å². The molecule has 0 amide bonds. The molecular weight excluding hydrogens is 411 g/mol. The Morgan fingerprint density at radius 3 is 2.14 bits per heavy atom. The minimum Gasteiger partial charge on any atom is -0.378 e. The summed E-state index contributed by atoms with van der Waals surface area (Å²) in [6.45, 7) is 4.84. The zero-order chi connectivity index (χ0) is 19.3. The third-order valence-corrected chi connectivity index (χ3v) is 4.51. The summed E-state index contributed by atoms with van der Waals surface area (Å²) >= 11 is 6.09. The van der Waals surface area contributed by atoms with E-state index in [9.17, 15) is 0 Å². The number of nitrogens with zero attached hydrogens (tertiary/aromatic N) is 4. The summed E-state index contributed by atoms with van der Waals surface area (Å²) in [5.74, 6) is 1.54. The monoisotopic (exact) mass is 432 g/mol. The number of aryl methyl sites for hydroxylation is 1. The van der Waals surface area contributed by atoms with Crippen LogP contribution < -0.4 is 15.5 Å². The SMILES string of the molecule is Cc1cccc(Nc2nc(Nc3cccc(Cl)c3)nc(N3CCOCC3)n2)c1.Cl. The van der Waals surface area contributed by atoms with E-state index in [4.69, 9.17) is 16.3 Å². The van der Waals surface area contributed by atoms with E-state index in [0.29, 0.717) is 36.1 Å². The minimum atomic E-state index is 0. The number of halogens is 2. The lowest BCUT2D eigenvalue weighted by Gasteiger charge is -2.27. The van der Waals surface area contributed by atoms with E-state index in [1.807, 2.05) is 55.5 Å². The molecule has 0 bridgehead atoms. The summed E-state index contributed by atoms with van der Waals surface area (Å²) in [6, 6.07) is 15.5. The van der Waals surface area contributed by atoms with Crippen molar-refractivity contribution in [3.8, 4) is 0 Å². The van der Waals surface area contributed by atoms with Gasteiger partial charge in [-0.25, -0.2) is 0 Å². The first kappa shape index (κ1) is 21.1. The van der Waals surface area contributed by atoms with E-state index >= 15 is 0 Å². The van der Waals surface area contributed by atoms with Crippen LogP contribution in [0.1, 0.15) is 5.56 Å². The molecule has 0 atom stereocenters. The molecule has 29 heavy (non-hydrogen) atoms. The fourth-order valence-electron chi connectivity index (χ4n) is 2.93. The van der Waals surface area contributed by atoms with Crippen LogP contribution >= 0.6 is 24.0 Å². The Morgan fingerprint density at radius 1 is 0.897 bits per heavy atom. The van der Waals surface area contributed by atoms with Gasteiger partial charge in [0.15, 0.2) is 0 Å². The van der Waals surface area contributed by atoms with Crippen LogP contribution in [0.25, 0.3) is 0 Å². The van der Waals surface area contributed by atoms with Gasteiger partial charge in [-0.05, 0) is 42.8 Å². The largest absolute Gasteiger partial charge is 0.378 e. The summed E-state index contributed by atoms with van der Waals surface area (Å²) in [7, 11) is 0. The van der Waals surface area contributed by atoms with Gasteiger partial charge in [-0.15, -0.1) is 12.4 Å². The number of benzene rings is 2. The quantitative estimate of drug-likeness (QED) is 0.610. The number of hydrogen-bond donors (Lipinski definition) is 2. The van der Waals surface area contributed by atoms with Gasteiger partial charge in [-0.3, -0.25) is 0 Å². The lowest BCUT2D eigenvalue weighted by molar-refractivity contribution is 0.122. The number of rotatable bonds is 5. The van der Waals surface area contributed by atoms with Crippen LogP contribution in [0.15, 0.2) is 48.5 Å². The van der Waals surface area contributed by atoms with E-state index < -0.39 is 0 Å². The Balaban J connectivity index is 0.00000240. The van der Waals surface area contributed by atoms with Crippen molar-refractivity contribution in [1.29, 1.82) is 0 Å². The molecule has 3 aromatic rings. The second-order valence-corrected chi connectivity index (χ2v) is 6.95. The first-order chi connectivity index (χ1) is 13.7. The van der Waals surface area contributed by atoms with Crippen LogP contribution in [-0.2, 0) is 4.74 Å². The van der Waals surface area contributed by atoms with Crippen molar-refractivity contribution < 1.29 is 4.74 Å². The lowest BCUT2D eigenvalue weighted by atomic mass is 10.2. The van der Waals surface area contributed by atoms with Crippen LogP contribution in [0.2, 0.25) is 5.02 Å². The summed E-state index contributed by atoms with van der Waals surface area (Å²) < 4.78 is 5.44. The molecule has 1 aliphatic heterocycles. The third kappa shape index (κ3) is 5.69. The van der Waals surface area contributed by atoms with E-state index in [0.717, 1.165) is 30.0 Å². The van der Waals surface area contributed by atoms with Crippen molar-refractivity contribution >= 4 is 53.2 Å². The minimum absolute atomic E-state index is 0. The van der Waals surface area contributed by atoms with Crippen molar-refractivity contribution in [1.82, 2.24) is 15.0 Å². The number of morpholine rings is 1. The van der Waals surface area contributed by atoms with Crippen LogP contribution in [0.5, 0.6) is 0 Å². The fourth-order valence-corrected chi connectivity index (χ4v) is 3.12. The predicted octanol–water partition coefficient (Wildman–Crippen LogP) is 4.58. The maximum atomic E-state index is 6.09. The molecule has 0 aliphatic carbocycles. The number of anilines is 5.